The largest absolute Gasteiger partial charge is 0.490 e. The van der Waals surface area contributed by atoms with E-state index in [0.717, 1.165) is 12.1 Å². The Kier molecular flexibility index (Phi) is 3.11. The molecule has 0 fully saturated rings. The molecule has 80 valence electrons. The highest BCUT2D eigenvalue weighted by Gasteiger charge is 2.20. The van der Waals surface area contributed by atoms with E-state index in [1.807, 2.05) is 0 Å². The van der Waals surface area contributed by atoms with Crippen LogP contribution in [0.4, 0.5) is 5.69 Å². The van der Waals surface area contributed by atoms with Gasteiger partial charge in [0.1, 0.15) is 0 Å². The van der Waals surface area contributed by atoms with Crippen molar-refractivity contribution in [2.24, 2.45) is 5.73 Å². The van der Waals surface area contributed by atoms with Gasteiger partial charge >= 0.3 is 5.69 Å². The summed E-state index contributed by atoms with van der Waals surface area (Å²) in [5.41, 5.74) is 4.69. The quantitative estimate of drug-likeness (QED) is 0.626. The summed E-state index contributed by atoms with van der Waals surface area (Å²) in [6, 6.07) is 2.17. The maximum atomic E-state index is 10.9. The molecule has 0 saturated heterocycles. The number of hydrogen-bond donors (Lipinski definition) is 1. The summed E-state index contributed by atoms with van der Waals surface area (Å²) in [5, 5.41) is 10.5. The van der Waals surface area contributed by atoms with Crippen LogP contribution in [-0.4, -0.2) is 17.9 Å². The van der Waals surface area contributed by atoms with E-state index in [9.17, 15) is 14.9 Å². The lowest BCUT2D eigenvalue weighted by Crippen LogP contribution is -2.12. The number of rotatable bonds is 3. The molecule has 0 unspecified atom stereocenters. The van der Waals surface area contributed by atoms with Gasteiger partial charge in [0, 0.05) is 12.1 Å². The van der Waals surface area contributed by atoms with Crippen LogP contribution >= 0.6 is 11.6 Å². The maximum absolute atomic E-state index is 10.9. The fourth-order valence-corrected chi connectivity index (χ4v) is 1.29. The first-order valence-corrected chi connectivity index (χ1v) is 4.17. The van der Waals surface area contributed by atoms with Gasteiger partial charge in [0.15, 0.2) is 5.75 Å². The van der Waals surface area contributed by atoms with Crippen molar-refractivity contribution in [3.8, 4) is 5.75 Å². The van der Waals surface area contributed by atoms with E-state index in [-0.39, 0.29) is 22.0 Å². The number of benzene rings is 1. The van der Waals surface area contributed by atoms with Crippen molar-refractivity contribution in [3.63, 3.8) is 0 Å². The van der Waals surface area contributed by atoms with Gasteiger partial charge in [-0.2, -0.15) is 0 Å². The Morgan fingerprint density at radius 2 is 2.20 bits per heavy atom. The van der Waals surface area contributed by atoms with Gasteiger partial charge in [-0.15, -0.1) is 0 Å². The molecule has 1 amide bonds. The zero-order valence-electron chi connectivity index (χ0n) is 7.69. The monoisotopic (exact) mass is 230 g/mol. The fraction of sp³-hybridized carbons (Fsp3) is 0.125. The van der Waals surface area contributed by atoms with E-state index in [4.69, 9.17) is 22.1 Å². The smallest absolute Gasteiger partial charge is 0.312 e. The predicted molar refractivity (Wildman–Crippen MR) is 53.2 cm³/mol. The molecule has 2 N–H and O–H groups in total. The summed E-state index contributed by atoms with van der Waals surface area (Å²) in [6.07, 6.45) is 0. The molecule has 0 radical (unpaired) electrons. The first kappa shape index (κ1) is 11.3. The Hall–Kier alpha value is -1.82. The number of nitrogens with zero attached hydrogens (tertiary/aromatic N) is 1. The third-order valence-corrected chi connectivity index (χ3v) is 2.04. The van der Waals surface area contributed by atoms with Crippen molar-refractivity contribution >= 4 is 23.2 Å². The zero-order chi connectivity index (χ0) is 11.6. The van der Waals surface area contributed by atoms with Gasteiger partial charge in [-0.05, 0) is 0 Å². The van der Waals surface area contributed by atoms with Crippen LogP contribution in [0.5, 0.6) is 5.75 Å². The van der Waals surface area contributed by atoms with Gasteiger partial charge in [0.05, 0.1) is 22.6 Å². The Morgan fingerprint density at radius 3 is 2.60 bits per heavy atom. The Labute approximate surface area is 89.7 Å². The molecule has 1 rings (SSSR count). The van der Waals surface area contributed by atoms with E-state index in [1.54, 1.807) is 0 Å². The zero-order valence-corrected chi connectivity index (χ0v) is 8.45. The van der Waals surface area contributed by atoms with Crippen molar-refractivity contribution in [2.75, 3.05) is 7.11 Å². The molecule has 7 heteroatoms. The molecule has 0 spiro atoms. The molecule has 1 aromatic rings. The highest BCUT2D eigenvalue weighted by molar-refractivity contribution is 6.34. The van der Waals surface area contributed by atoms with E-state index in [0.29, 0.717) is 0 Å². The third kappa shape index (κ3) is 2.16. The second kappa shape index (κ2) is 4.14. The molecule has 0 saturated carbocycles. The van der Waals surface area contributed by atoms with Crippen LogP contribution in [0, 0.1) is 10.1 Å². The van der Waals surface area contributed by atoms with Crippen LogP contribution < -0.4 is 10.5 Å². The van der Waals surface area contributed by atoms with E-state index in [2.05, 4.69) is 0 Å². The van der Waals surface area contributed by atoms with Crippen LogP contribution in [0.2, 0.25) is 5.02 Å². The van der Waals surface area contributed by atoms with Crippen molar-refractivity contribution < 1.29 is 14.5 Å². The van der Waals surface area contributed by atoms with Crippen LogP contribution in [0.25, 0.3) is 0 Å². The summed E-state index contributed by atoms with van der Waals surface area (Å²) in [5.74, 6) is -0.827. The molecular formula is C8H7ClN2O4. The number of carbonyl (C=O) groups is 1. The number of ether oxygens (including phenoxy) is 1. The molecule has 0 atom stereocenters. The Morgan fingerprint density at radius 1 is 1.60 bits per heavy atom. The Bertz CT molecular complexity index is 433. The lowest BCUT2D eigenvalue weighted by Gasteiger charge is -2.04. The molecule has 0 heterocycles. The summed E-state index contributed by atoms with van der Waals surface area (Å²) in [4.78, 5) is 20.8. The van der Waals surface area contributed by atoms with E-state index < -0.39 is 10.8 Å². The average molecular weight is 231 g/mol. The topological polar surface area (TPSA) is 95.5 Å². The van der Waals surface area contributed by atoms with E-state index >= 15 is 0 Å². The van der Waals surface area contributed by atoms with Crippen LogP contribution in [0.15, 0.2) is 12.1 Å². The first-order valence-electron chi connectivity index (χ1n) is 3.79. The van der Waals surface area contributed by atoms with Gasteiger partial charge in [0.2, 0.25) is 5.91 Å². The van der Waals surface area contributed by atoms with Gasteiger partial charge in [-0.3, -0.25) is 14.9 Å². The maximum Gasteiger partial charge on any atom is 0.312 e. The molecular weight excluding hydrogens is 224 g/mol. The number of hydrogen-bond acceptors (Lipinski definition) is 4. The minimum atomic E-state index is -0.770. The predicted octanol–water partition coefficient (Wildman–Crippen LogP) is 1.36. The molecule has 0 aliphatic rings. The molecule has 0 aliphatic heterocycles. The number of methoxy groups -OCH3 is 1. The van der Waals surface area contributed by atoms with E-state index in [1.165, 1.54) is 7.11 Å². The highest BCUT2D eigenvalue weighted by Crippen LogP contribution is 2.32. The standard InChI is InChI=1S/C8H7ClN2O4/c1-15-7-2-4(8(10)12)5(9)3-6(7)11(13)14/h2-3H,1H3,(H2,10,12). The summed E-state index contributed by atoms with van der Waals surface area (Å²) < 4.78 is 4.74. The van der Waals surface area contributed by atoms with Crippen LogP contribution in [0.3, 0.4) is 0 Å². The fourth-order valence-electron chi connectivity index (χ4n) is 1.04. The van der Waals surface area contributed by atoms with Gasteiger partial charge in [0.25, 0.3) is 0 Å². The lowest BCUT2D eigenvalue weighted by atomic mass is 10.2. The number of nitro benzene ring substituents is 1. The van der Waals surface area contributed by atoms with Gasteiger partial charge in [-0.25, -0.2) is 0 Å². The second-order valence-electron chi connectivity index (χ2n) is 2.63. The molecule has 0 aliphatic carbocycles. The second-order valence-corrected chi connectivity index (χ2v) is 3.03. The Balaban J connectivity index is 3.42. The van der Waals surface area contributed by atoms with Gasteiger partial charge < -0.3 is 10.5 Å². The normalized spacial score (nSPS) is 9.73. The van der Waals surface area contributed by atoms with Crippen molar-refractivity contribution in [1.82, 2.24) is 0 Å². The minimum absolute atomic E-state index is 0.0147. The SMILES string of the molecule is COc1cc(C(N)=O)c(Cl)cc1[N+](=O)[O-]. The number of halogens is 1. The van der Waals surface area contributed by atoms with Crippen LogP contribution in [-0.2, 0) is 0 Å². The van der Waals surface area contributed by atoms with Crippen LogP contribution in [0.1, 0.15) is 10.4 Å². The summed E-state index contributed by atoms with van der Waals surface area (Å²) >= 11 is 5.64. The lowest BCUT2D eigenvalue weighted by molar-refractivity contribution is -0.385. The molecule has 0 aromatic heterocycles. The summed E-state index contributed by atoms with van der Waals surface area (Å²) in [7, 11) is 1.25. The number of primary amides is 1. The molecule has 15 heavy (non-hydrogen) atoms. The number of nitrogens with two attached hydrogens (primary N) is 1. The molecule has 1 aromatic carbocycles. The van der Waals surface area contributed by atoms with Crippen molar-refractivity contribution in [3.05, 3.63) is 32.8 Å². The third-order valence-electron chi connectivity index (χ3n) is 1.73. The van der Waals surface area contributed by atoms with Crippen molar-refractivity contribution in [2.45, 2.75) is 0 Å². The average Bonchev–Trinajstić information content (AvgIpc) is 2.16. The number of nitro groups is 1. The number of amides is 1. The van der Waals surface area contributed by atoms with Gasteiger partial charge in [-0.1, -0.05) is 11.6 Å². The number of carbonyl (C=O) groups excluding carboxylic acids is 1. The minimum Gasteiger partial charge on any atom is -0.490 e. The molecule has 6 nitrogen and oxygen atoms in total. The molecule has 0 bridgehead atoms. The summed E-state index contributed by atoms with van der Waals surface area (Å²) in [6.45, 7) is 0. The highest BCUT2D eigenvalue weighted by atomic mass is 35.5. The van der Waals surface area contributed by atoms with Crippen molar-refractivity contribution in [1.29, 1.82) is 0 Å². The first-order chi connectivity index (χ1) is 6.97.